The summed E-state index contributed by atoms with van der Waals surface area (Å²) in [4.78, 5) is 40.4. The van der Waals surface area contributed by atoms with E-state index < -0.39 is 16.8 Å². The zero-order valence-corrected chi connectivity index (χ0v) is 30.2. The van der Waals surface area contributed by atoms with Crippen molar-refractivity contribution in [3.05, 3.63) is 65.3 Å². The summed E-state index contributed by atoms with van der Waals surface area (Å²) in [7, 11) is 1.65. The number of carboxylic acids is 1. The molecule has 1 aliphatic heterocycles. The van der Waals surface area contributed by atoms with Crippen LogP contribution in [0.25, 0.3) is 10.8 Å². The lowest BCUT2D eigenvalue weighted by molar-refractivity contribution is -0.162. The molecule has 1 spiro atoms. The first-order chi connectivity index (χ1) is 22.6. The van der Waals surface area contributed by atoms with E-state index in [9.17, 15) is 19.5 Å². The zero-order valence-electron chi connectivity index (χ0n) is 30.2. The van der Waals surface area contributed by atoms with Crippen LogP contribution in [0.3, 0.4) is 0 Å². The summed E-state index contributed by atoms with van der Waals surface area (Å²) >= 11 is 0. The highest BCUT2D eigenvalue weighted by Gasteiger charge is 2.57. The van der Waals surface area contributed by atoms with Gasteiger partial charge in [-0.3, -0.25) is 14.4 Å². The monoisotopic (exact) mass is 653 g/mol. The smallest absolute Gasteiger partial charge is 0.309 e. The van der Waals surface area contributed by atoms with E-state index in [4.69, 9.17) is 4.74 Å². The summed E-state index contributed by atoms with van der Waals surface area (Å²) in [6.07, 6.45) is 12.6. The zero-order chi connectivity index (χ0) is 34.6. The van der Waals surface area contributed by atoms with E-state index in [2.05, 4.69) is 62.1 Å². The second kappa shape index (κ2) is 12.6. The van der Waals surface area contributed by atoms with Gasteiger partial charge in [-0.2, -0.15) is 0 Å². The van der Waals surface area contributed by atoms with E-state index in [1.165, 1.54) is 24.8 Å². The number of allylic oxidation sites excluding steroid dienone is 4. The van der Waals surface area contributed by atoms with Gasteiger partial charge in [-0.25, -0.2) is 0 Å². The molecule has 0 aromatic heterocycles. The summed E-state index contributed by atoms with van der Waals surface area (Å²) < 4.78 is 5.40. The molecule has 1 heterocycles. The van der Waals surface area contributed by atoms with Crippen LogP contribution in [0, 0.1) is 39.4 Å². The van der Waals surface area contributed by atoms with Crippen LogP contribution in [0.15, 0.2) is 59.7 Å². The Morgan fingerprint density at radius 1 is 1.00 bits per heavy atom. The molecule has 258 valence electrons. The Hall–Kier alpha value is -3.25. The molecule has 2 saturated carbocycles. The van der Waals surface area contributed by atoms with Gasteiger partial charge in [0.2, 0.25) is 0 Å². The number of aliphatic carboxylic acids is 1. The van der Waals surface area contributed by atoms with E-state index in [-0.39, 0.29) is 28.3 Å². The Bertz CT molecular complexity index is 1660. The summed E-state index contributed by atoms with van der Waals surface area (Å²) in [6.45, 7) is 13.7. The summed E-state index contributed by atoms with van der Waals surface area (Å²) in [5, 5.41) is 12.1. The Labute approximate surface area is 287 Å². The predicted molar refractivity (Wildman–Crippen MR) is 192 cm³/mol. The molecule has 5 aliphatic rings. The Kier molecular flexibility index (Phi) is 9.06. The van der Waals surface area contributed by atoms with Crippen molar-refractivity contribution in [2.45, 2.75) is 99.3 Å². The number of methoxy groups -OCH3 is 1. The minimum Gasteiger partial charge on any atom is -0.481 e. The van der Waals surface area contributed by atoms with Crippen molar-refractivity contribution in [2.75, 3.05) is 25.3 Å². The van der Waals surface area contributed by atoms with Crippen molar-refractivity contribution >= 4 is 34.0 Å². The van der Waals surface area contributed by atoms with Gasteiger partial charge in [0.25, 0.3) is 0 Å². The molecule has 7 rings (SSSR count). The fourth-order valence-corrected chi connectivity index (χ4v) is 10.2. The quantitative estimate of drug-likeness (QED) is 0.332. The number of fused-ring (bicyclic) bond motifs is 6. The number of rotatable bonds is 4. The highest BCUT2D eigenvalue weighted by Crippen LogP contribution is 2.62. The van der Waals surface area contributed by atoms with Gasteiger partial charge in [0.05, 0.1) is 5.41 Å². The Balaban J connectivity index is 0.000000170. The van der Waals surface area contributed by atoms with Crippen LogP contribution in [-0.4, -0.2) is 43.0 Å². The molecule has 6 nitrogen and oxygen atoms in total. The average Bonchev–Trinajstić information content (AvgIpc) is 3.03. The number of ketones is 2. The number of Topliss-reactive ketones (excluding diaryl/α,β-unsaturated/α-hetero) is 2. The standard InChI is InChI=1S/C22H25NO3.C20H30O2/c1-21(2)11-19(24)22(20(25)12-21)10-17-16-7-5-4-6-15(16)8-9-18(17)23(13-22)14-26-3;1-13(2)14-6-8-16-15(12-14)7-9-17-19(16,3)10-5-11-20(17,4)18(21)22/h4-9H,10-14H2,1-3H3;7,12-13,16-17H,5-6,8-11H2,1-4H3,(H,21,22)/t;16-,17+,19+,20+/m.0/s1. The fourth-order valence-electron chi connectivity index (χ4n) is 10.2. The molecule has 2 aromatic carbocycles. The third-order valence-electron chi connectivity index (χ3n) is 13.0. The second-order valence-electron chi connectivity index (χ2n) is 17.1. The van der Waals surface area contributed by atoms with Crippen LogP contribution in [0.4, 0.5) is 5.69 Å². The van der Waals surface area contributed by atoms with Crippen molar-refractivity contribution in [2.24, 2.45) is 39.4 Å². The van der Waals surface area contributed by atoms with Gasteiger partial charge in [-0.15, -0.1) is 0 Å². The molecule has 2 aromatic rings. The second-order valence-corrected chi connectivity index (χ2v) is 17.1. The van der Waals surface area contributed by atoms with E-state index >= 15 is 0 Å². The first-order valence-corrected chi connectivity index (χ1v) is 18.1. The fraction of sp³-hybridized carbons (Fsp3) is 0.595. The molecular formula is C42H55NO5. The van der Waals surface area contributed by atoms with Crippen LogP contribution < -0.4 is 4.90 Å². The van der Waals surface area contributed by atoms with Gasteiger partial charge in [-0.1, -0.05) is 89.1 Å². The molecule has 0 unspecified atom stereocenters. The van der Waals surface area contributed by atoms with Crippen LogP contribution in [0.2, 0.25) is 0 Å². The van der Waals surface area contributed by atoms with Gasteiger partial charge < -0.3 is 14.7 Å². The predicted octanol–water partition coefficient (Wildman–Crippen LogP) is 8.96. The lowest BCUT2D eigenvalue weighted by Crippen LogP contribution is -2.57. The van der Waals surface area contributed by atoms with Gasteiger partial charge in [-0.05, 0) is 102 Å². The first-order valence-electron chi connectivity index (χ1n) is 18.1. The summed E-state index contributed by atoms with van der Waals surface area (Å²) in [5.74, 6) is 1.05. The average molecular weight is 654 g/mol. The summed E-state index contributed by atoms with van der Waals surface area (Å²) in [5.41, 5.74) is 3.67. The molecule has 2 fully saturated rings. The number of hydrogen-bond donors (Lipinski definition) is 1. The van der Waals surface area contributed by atoms with E-state index in [1.54, 1.807) is 12.7 Å². The highest BCUT2D eigenvalue weighted by molar-refractivity contribution is 6.11. The normalized spacial score (nSPS) is 30.5. The van der Waals surface area contributed by atoms with Crippen LogP contribution in [0.1, 0.15) is 98.5 Å². The number of ether oxygens (including phenoxy) is 1. The maximum absolute atomic E-state index is 13.2. The van der Waals surface area contributed by atoms with Gasteiger partial charge in [0.15, 0.2) is 0 Å². The van der Waals surface area contributed by atoms with Crippen molar-refractivity contribution in [3.8, 4) is 0 Å². The highest BCUT2D eigenvalue weighted by atomic mass is 16.5. The molecule has 0 radical (unpaired) electrons. The molecule has 4 aliphatic carbocycles. The third-order valence-corrected chi connectivity index (χ3v) is 13.0. The van der Waals surface area contributed by atoms with Gasteiger partial charge >= 0.3 is 5.97 Å². The molecule has 0 amide bonds. The lowest BCUT2D eigenvalue weighted by Gasteiger charge is -2.57. The molecule has 0 bridgehead atoms. The molecular weight excluding hydrogens is 598 g/mol. The van der Waals surface area contributed by atoms with Gasteiger partial charge in [0.1, 0.15) is 23.7 Å². The van der Waals surface area contributed by atoms with Crippen LogP contribution >= 0.6 is 0 Å². The van der Waals surface area contributed by atoms with Crippen molar-refractivity contribution in [1.82, 2.24) is 0 Å². The van der Waals surface area contributed by atoms with Crippen LogP contribution in [0.5, 0.6) is 0 Å². The number of hydrogen-bond acceptors (Lipinski definition) is 5. The molecule has 4 atom stereocenters. The number of carboxylic acid groups (broad SMARTS) is 1. The minimum absolute atomic E-state index is 0.0819. The number of carbonyl (C=O) groups is 3. The first kappa shape index (κ1) is 34.6. The van der Waals surface area contributed by atoms with Crippen molar-refractivity contribution < 1.29 is 24.2 Å². The maximum Gasteiger partial charge on any atom is 0.309 e. The molecule has 0 saturated heterocycles. The number of nitrogens with zero attached hydrogens (tertiary/aromatic N) is 1. The van der Waals surface area contributed by atoms with Crippen molar-refractivity contribution in [1.29, 1.82) is 0 Å². The Morgan fingerprint density at radius 3 is 2.38 bits per heavy atom. The lowest BCUT2D eigenvalue weighted by atomic mass is 9.47. The number of carbonyl (C=O) groups excluding carboxylic acids is 2. The molecule has 1 N–H and O–H groups in total. The number of benzene rings is 2. The molecule has 48 heavy (non-hydrogen) atoms. The SMILES string of the molecule is CC(C)C1=CC2=CC[C@@H]3[C@](C)(CCC[C@@]3(C)C(=O)O)[C@H]2CC1.COCN1CC2(Cc3c1ccc1ccccc31)C(=O)CC(C)(C)CC2=O. The van der Waals surface area contributed by atoms with Crippen molar-refractivity contribution in [3.63, 3.8) is 0 Å². The maximum atomic E-state index is 13.2. The van der Waals surface area contributed by atoms with E-state index in [1.807, 2.05) is 32.9 Å². The third kappa shape index (κ3) is 5.76. The van der Waals surface area contributed by atoms with Gasteiger partial charge in [0, 0.05) is 32.2 Å². The minimum atomic E-state index is -0.939. The molecule has 6 heteroatoms. The van der Waals surface area contributed by atoms with E-state index in [0.717, 1.165) is 41.3 Å². The number of anilines is 1. The van der Waals surface area contributed by atoms with E-state index in [0.29, 0.717) is 44.4 Å². The van der Waals surface area contributed by atoms with Crippen LogP contribution in [-0.2, 0) is 25.5 Å². The Morgan fingerprint density at radius 2 is 1.71 bits per heavy atom. The summed E-state index contributed by atoms with van der Waals surface area (Å²) in [6, 6.07) is 12.4. The largest absolute Gasteiger partial charge is 0.481 e. The topological polar surface area (TPSA) is 83.9 Å².